The lowest BCUT2D eigenvalue weighted by molar-refractivity contribution is 0.0745. The molecule has 0 aromatic heterocycles. The van der Waals surface area contributed by atoms with E-state index in [9.17, 15) is 0 Å². The zero-order valence-electron chi connectivity index (χ0n) is 13.7. The fourth-order valence-corrected chi connectivity index (χ4v) is 3.39. The fourth-order valence-electron chi connectivity index (χ4n) is 3.39. The maximum Gasteiger partial charge on any atom is 0.123 e. The molecule has 0 spiro atoms. The Labute approximate surface area is 129 Å². The van der Waals surface area contributed by atoms with E-state index in [0.29, 0.717) is 12.6 Å². The minimum absolute atomic E-state index is 0.536. The van der Waals surface area contributed by atoms with Crippen molar-refractivity contribution in [2.45, 2.75) is 46.2 Å². The normalized spacial score (nSPS) is 26.8. The SMILES string of the molecule is CC1CC(C)C(C)N(CCCOc2ccccc2CN)C1. The molecule has 2 N–H and O–H groups in total. The highest BCUT2D eigenvalue weighted by molar-refractivity contribution is 5.32. The molecule has 1 aromatic carbocycles. The predicted molar refractivity (Wildman–Crippen MR) is 88.4 cm³/mol. The van der Waals surface area contributed by atoms with E-state index >= 15 is 0 Å². The number of para-hydroxylation sites is 1. The van der Waals surface area contributed by atoms with Crippen molar-refractivity contribution in [3.8, 4) is 5.75 Å². The molecule has 0 radical (unpaired) electrons. The van der Waals surface area contributed by atoms with Gasteiger partial charge in [0.05, 0.1) is 6.61 Å². The number of benzene rings is 1. The Morgan fingerprint density at radius 3 is 2.76 bits per heavy atom. The van der Waals surface area contributed by atoms with Gasteiger partial charge >= 0.3 is 0 Å². The molecule has 3 heteroatoms. The number of ether oxygens (including phenoxy) is 1. The van der Waals surface area contributed by atoms with E-state index in [1.165, 1.54) is 13.0 Å². The van der Waals surface area contributed by atoms with Crippen LogP contribution in [0, 0.1) is 11.8 Å². The van der Waals surface area contributed by atoms with Gasteiger partial charge in [-0.05, 0) is 37.7 Å². The number of hydrogen-bond donors (Lipinski definition) is 1. The zero-order valence-corrected chi connectivity index (χ0v) is 13.7. The third-order valence-corrected chi connectivity index (χ3v) is 4.76. The van der Waals surface area contributed by atoms with Crippen molar-refractivity contribution in [1.29, 1.82) is 0 Å². The van der Waals surface area contributed by atoms with E-state index in [2.05, 4.69) is 25.7 Å². The second-order valence-electron chi connectivity index (χ2n) is 6.57. The zero-order chi connectivity index (χ0) is 15.2. The van der Waals surface area contributed by atoms with Crippen LogP contribution in [-0.4, -0.2) is 30.6 Å². The Morgan fingerprint density at radius 1 is 1.24 bits per heavy atom. The van der Waals surface area contributed by atoms with Crippen LogP contribution in [0.5, 0.6) is 5.75 Å². The molecule has 3 atom stereocenters. The Hall–Kier alpha value is -1.06. The first-order chi connectivity index (χ1) is 10.1. The topological polar surface area (TPSA) is 38.5 Å². The molecule has 0 saturated carbocycles. The first kappa shape index (κ1) is 16.3. The Bertz CT molecular complexity index is 435. The number of piperidine rings is 1. The number of rotatable bonds is 6. The predicted octanol–water partition coefficient (Wildman–Crippen LogP) is 3.28. The minimum atomic E-state index is 0.536. The summed E-state index contributed by atoms with van der Waals surface area (Å²) in [5.74, 6) is 2.55. The van der Waals surface area contributed by atoms with Gasteiger partial charge in [0.25, 0.3) is 0 Å². The fraction of sp³-hybridized carbons (Fsp3) is 0.667. The summed E-state index contributed by atoms with van der Waals surface area (Å²) >= 11 is 0. The lowest BCUT2D eigenvalue weighted by Gasteiger charge is -2.41. The Kier molecular flexibility index (Phi) is 6.07. The summed E-state index contributed by atoms with van der Waals surface area (Å²) < 4.78 is 5.90. The maximum atomic E-state index is 5.90. The van der Waals surface area contributed by atoms with Gasteiger partial charge in [0.15, 0.2) is 0 Å². The largest absolute Gasteiger partial charge is 0.493 e. The van der Waals surface area contributed by atoms with E-state index in [1.54, 1.807) is 0 Å². The standard InChI is InChI=1S/C18H30N2O/c1-14-11-15(2)16(3)20(13-14)9-6-10-21-18-8-5-4-7-17(18)12-19/h4-5,7-8,14-16H,6,9-13,19H2,1-3H3. The van der Waals surface area contributed by atoms with Crippen LogP contribution in [0.1, 0.15) is 39.2 Å². The van der Waals surface area contributed by atoms with Gasteiger partial charge in [-0.25, -0.2) is 0 Å². The lowest BCUT2D eigenvalue weighted by Crippen LogP contribution is -2.46. The maximum absolute atomic E-state index is 5.90. The molecule has 0 amide bonds. The molecular formula is C18H30N2O. The number of likely N-dealkylation sites (tertiary alicyclic amines) is 1. The van der Waals surface area contributed by atoms with Gasteiger partial charge in [-0.1, -0.05) is 32.0 Å². The van der Waals surface area contributed by atoms with Crippen molar-refractivity contribution in [3.63, 3.8) is 0 Å². The molecule has 1 aliphatic rings. The third kappa shape index (κ3) is 4.45. The molecular weight excluding hydrogens is 260 g/mol. The third-order valence-electron chi connectivity index (χ3n) is 4.76. The highest BCUT2D eigenvalue weighted by Gasteiger charge is 2.28. The summed E-state index contributed by atoms with van der Waals surface area (Å²) in [6.45, 7) is 10.8. The van der Waals surface area contributed by atoms with E-state index in [4.69, 9.17) is 10.5 Å². The van der Waals surface area contributed by atoms with Gasteiger partial charge in [-0.3, -0.25) is 0 Å². The Morgan fingerprint density at radius 2 is 2.00 bits per heavy atom. The molecule has 2 rings (SSSR count). The monoisotopic (exact) mass is 290 g/mol. The van der Waals surface area contributed by atoms with E-state index in [-0.39, 0.29) is 0 Å². The average Bonchev–Trinajstić information content (AvgIpc) is 2.48. The van der Waals surface area contributed by atoms with Crippen LogP contribution in [0.4, 0.5) is 0 Å². The van der Waals surface area contributed by atoms with Gasteiger partial charge in [0.1, 0.15) is 5.75 Å². The van der Waals surface area contributed by atoms with Crippen LogP contribution in [-0.2, 0) is 6.54 Å². The van der Waals surface area contributed by atoms with E-state index in [0.717, 1.165) is 42.7 Å². The first-order valence-electron chi connectivity index (χ1n) is 8.26. The molecule has 0 aliphatic carbocycles. The van der Waals surface area contributed by atoms with Crippen LogP contribution >= 0.6 is 0 Å². The van der Waals surface area contributed by atoms with Gasteiger partial charge in [-0.15, -0.1) is 0 Å². The molecule has 1 fully saturated rings. The first-order valence-corrected chi connectivity index (χ1v) is 8.26. The second kappa shape index (κ2) is 7.81. The van der Waals surface area contributed by atoms with Crippen molar-refractivity contribution < 1.29 is 4.74 Å². The van der Waals surface area contributed by atoms with E-state index in [1.807, 2.05) is 24.3 Å². The molecule has 21 heavy (non-hydrogen) atoms. The van der Waals surface area contributed by atoms with Crippen molar-refractivity contribution in [2.24, 2.45) is 17.6 Å². The average molecular weight is 290 g/mol. The molecule has 0 bridgehead atoms. The molecule has 3 nitrogen and oxygen atoms in total. The van der Waals surface area contributed by atoms with Crippen LogP contribution in [0.3, 0.4) is 0 Å². The number of nitrogens with zero attached hydrogens (tertiary/aromatic N) is 1. The molecule has 118 valence electrons. The molecule has 3 unspecified atom stereocenters. The second-order valence-corrected chi connectivity index (χ2v) is 6.57. The molecule has 1 aliphatic heterocycles. The van der Waals surface area contributed by atoms with Gasteiger partial charge in [0.2, 0.25) is 0 Å². The number of hydrogen-bond acceptors (Lipinski definition) is 3. The summed E-state index contributed by atoms with van der Waals surface area (Å²) in [7, 11) is 0. The highest BCUT2D eigenvalue weighted by atomic mass is 16.5. The molecule has 1 heterocycles. The Balaban J connectivity index is 1.76. The molecule has 1 aromatic rings. The van der Waals surface area contributed by atoms with Gasteiger partial charge in [0, 0.05) is 31.2 Å². The number of nitrogens with two attached hydrogens (primary N) is 1. The summed E-state index contributed by atoms with van der Waals surface area (Å²) in [5.41, 5.74) is 6.82. The van der Waals surface area contributed by atoms with Crippen LogP contribution in [0.25, 0.3) is 0 Å². The van der Waals surface area contributed by atoms with Crippen molar-refractivity contribution in [1.82, 2.24) is 4.90 Å². The van der Waals surface area contributed by atoms with Crippen molar-refractivity contribution in [3.05, 3.63) is 29.8 Å². The minimum Gasteiger partial charge on any atom is -0.493 e. The summed E-state index contributed by atoms with van der Waals surface area (Å²) in [5, 5.41) is 0. The highest BCUT2D eigenvalue weighted by Crippen LogP contribution is 2.26. The molecule has 1 saturated heterocycles. The van der Waals surface area contributed by atoms with Gasteiger partial charge < -0.3 is 15.4 Å². The van der Waals surface area contributed by atoms with Crippen molar-refractivity contribution >= 4 is 0 Å². The smallest absolute Gasteiger partial charge is 0.123 e. The van der Waals surface area contributed by atoms with Crippen LogP contribution < -0.4 is 10.5 Å². The van der Waals surface area contributed by atoms with Crippen molar-refractivity contribution in [2.75, 3.05) is 19.7 Å². The summed E-state index contributed by atoms with van der Waals surface area (Å²) in [6.07, 6.45) is 2.43. The van der Waals surface area contributed by atoms with Crippen LogP contribution in [0.2, 0.25) is 0 Å². The van der Waals surface area contributed by atoms with Crippen LogP contribution in [0.15, 0.2) is 24.3 Å². The summed E-state index contributed by atoms with van der Waals surface area (Å²) in [6, 6.07) is 8.75. The van der Waals surface area contributed by atoms with Gasteiger partial charge in [-0.2, -0.15) is 0 Å². The lowest BCUT2D eigenvalue weighted by atomic mass is 9.86. The van der Waals surface area contributed by atoms with E-state index < -0.39 is 0 Å². The summed E-state index contributed by atoms with van der Waals surface area (Å²) in [4.78, 5) is 2.62. The quantitative estimate of drug-likeness (QED) is 0.817.